The second-order valence-corrected chi connectivity index (χ2v) is 4.54. The van der Waals surface area contributed by atoms with Gasteiger partial charge in [-0.05, 0) is 23.6 Å². The summed E-state index contributed by atoms with van der Waals surface area (Å²) in [6.07, 6.45) is 0.568. The van der Waals surface area contributed by atoms with Gasteiger partial charge in [0.05, 0.1) is 0 Å². The van der Waals surface area contributed by atoms with Gasteiger partial charge < -0.3 is 5.32 Å². The lowest BCUT2D eigenvalue weighted by molar-refractivity contribution is -0.116. The molecule has 0 saturated carbocycles. The number of hydrogen-bond acceptors (Lipinski definition) is 1. The van der Waals surface area contributed by atoms with Crippen LogP contribution in [0.4, 0.5) is 5.69 Å². The number of carbonyl (C=O) groups excluding carboxylic acids is 1. The van der Waals surface area contributed by atoms with E-state index in [0.717, 1.165) is 16.6 Å². The Morgan fingerprint density at radius 2 is 2.20 bits per heavy atom. The van der Waals surface area contributed by atoms with Crippen LogP contribution in [-0.2, 0) is 10.1 Å². The third-order valence-electron chi connectivity index (χ3n) is 1.96. The number of benzene rings is 1. The van der Waals surface area contributed by atoms with E-state index in [9.17, 15) is 4.79 Å². The van der Waals surface area contributed by atoms with Crippen molar-refractivity contribution in [1.29, 1.82) is 0 Å². The van der Waals surface area contributed by atoms with E-state index in [1.165, 1.54) is 0 Å². The average molecular weight is 270 g/mol. The van der Waals surface area contributed by atoms with Gasteiger partial charge in [0.2, 0.25) is 5.91 Å². The van der Waals surface area contributed by atoms with Gasteiger partial charge in [0, 0.05) is 17.4 Å². The maximum Gasteiger partial charge on any atom is 0.224 e. The number of rotatable bonds is 4. The van der Waals surface area contributed by atoms with E-state index < -0.39 is 0 Å². The van der Waals surface area contributed by atoms with Crippen LogP contribution in [-0.4, -0.2) is 5.91 Å². The van der Waals surface area contributed by atoms with Crippen LogP contribution in [0.5, 0.6) is 0 Å². The molecule has 15 heavy (non-hydrogen) atoms. The Bertz CT molecular complexity index is 336. The highest BCUT2D eigenvalue weighted by atomic mass is 79.9. The Kier molecular flexibility index (Phi) is 4.82. The summed E-state index contributed by atoms with van der Waals surface area (Å²) in [6.45, 7) is 4.07. The van der Waals surface area contributed by atoms with E-state index in [4.69, 9.17) is 0 Å². The third-order valence-corrected chi connectivity index (χ3v) is 2.61. The molecular weight excluding hydrogens is 254 g/mol. The zero-order chi connectivity index (χ0) is 11.3. The number of anilines is 1. The summed E-state index contributed by atoms with van der Waals surface area (Å²) < 4.78 is 0. The summed E-state index contributed by atoms with van der Waals surface area (Å²) in [5.41, 5.74) is 2.04. The SMILES string of the molecule is CC(C)CC(=O)Nc1cccc(CBr)c1. The molecule has 0 saturated heterocycles. The van der Waals surface area contributed by atoms with Crippen molar-refractivity contribution in [2.45, 2.75) is 25.6 Å². The third kappa shape index (κ3) is 4.47. The molecule has 0 aromatic heterocycles. The molecule has 1 amide bonds. The summed E-state index contributed by atoms with van der Waals surface area (Å²) in [7, 11) is 0. The molecule has 1 aromatic rings. The highest BCUT2D eigenvalue weighted by Gasteiger charge is 2.05. The van der Waals surface area contributed by atoms with Gasteiger partial charge in [-0.1, -0.05) is 41.9 Å². The quantitative estimate of drug-likeness (QED) is 0.833. The van der Waals surface area contributed by atoms with Crippen LogP contribution >= 0.6 is 15.9 Å². The monoisotopic (exact) mass is 269 g/mol. The van der Waals surface area contributed by atoms with Crippen molar-refractivity contribution in [2.24, 2.45) is 5.92 Å². The number of nitrogens with one attached hydrogen (secondary N) is 1. The summed E-state index contributed by atoms with van der Waals surface area (Å²) in [6, 6.07) is 7.85. The summed E-state index contributed by atoms with van der Waals surface area (Å²) in [5.74, 6) is 0.473. The highest BCUT2D eigenvalue weighted by Crippen LogP contribution is 2.14. The lowest BCUT2D eigenvalue weighted by Crippen LogP contribution is -2.13. The fraction of sp³-hybridized carbons (Fsp3) is 0.417. The molecule has 0 unspecified atom stereocenters. The van der Waals surface area contributed by atoms with Gasteiger partial charge in [0.25, 0.3) is 0 Å². The minimum atomic E-state index is 0.0803. The van der Waals surface area contributed by atoms with Gasteiger partial charge >= 0.3 is 0 Å². The number of halogens is 1. The Morgan fingerprint density at radius 1 is 1.47 bits per heavy atom. The van der Waals surface area contributed by atoms with Crippen LogP contribution in [0.1, 0.15) is 25.8 Å². The van der Waals surface area contributed by atoms with E-state index in [0.29, 0.717) is 12.3 Å². The van der Waals surface area contributed by atoms with Crippen molar-refractivity contribution in [3.05, 3.63) is 29.8 Å². The summed E-state index contributed by atoms with van der Waals surface area (Å²) in [4.78, 5) is 11.5. The Morgan fingerprint density at radius 3 is 2.80 bits per heavy atom. The molecule has 0 heterocycles. The minimum Gasteiger partial charge on any atom is -0.326 e. The van der Waals surface area contributed by atoms with Gasteiger partial charge in [-0.2, -0.15) is 0 Å². The predicted octanol–water partition coefficient (Wildman–Crippen LogP) is 3.57. The van der Waals surface area contributed by atoms with Crippen LogP contribution in [0.3, 0.4) is 0 Å². The molecule has 1 N–H and O–H groups in total. The van der Waals surface area contributed by atoms with Gasteiger partial charge in [0.15, 0.2) is 0 Å². The highest BCUT2D eigenvalue weighted by molar-refractivity contribution is 9.08. The predicted molar refractivity (Wildman–Crippen MR) is 67.2 cm³/mol. The van der Waals surface area contributed by atoms with Crippen molar-refractivity contribution in [1.82, 2.24) is 0 Å². The van der Waals surface area contributed by atoms with E-state index in [-0.39, 0.29) is 5.91 Å². The molecule has 0 spiro atoms. The minimum absolute atomic E-state index is 0.0803. The van der Waals surface area contributed by atoms with E-state index in [1.807, 2.05) is 38.1 Å². The molecule has 0 fully saturated rings. The molecule has 0 radical (unpaired) electrons. The zero-order valence-electron chi connectivity index (χ0n) is 9.09. The lowest BCUT2D eigenvalue weighted by Gasteiger charge is -2.07. The molecule has 0 bridgehead atoms. The first-order valence-electron chi connectivity index (χ1n) is 5.06. The fourth-order valence-corrected chi connectivity index (χ4v) is 1.66. The number of hydrogen-bond donors (Lipinski definition) is 1. The molecule has 3 heteroatoms. The lowest BCUT2D eigenvalue weighted by atomic mass is 10.1. The van der Waals surface area contributed by atoms with Crippen molar-refractivity contribution in [3.8, 4) is 0 Å². The number of alkyl halides is 1. The first-order chi connectivity index (χ1) is 7.11. The molecule has 2 nitrogen and oxygen atoms in total. The molecule has 0 aliphatic carbocycles. The Labute approximate surface area is 99.2 Å². The Balaban J connectivity index is 2.60. The van der Waals surface area contributed by atoms with Gasteiger partial charge in [-0.25, -0.2) is 0 Å². The number of carbonyl (C=O) groups is 1. The van der Waals surface area contributed by atoms with Crippen molar-refractivity contribution < 1.29 is 4.79 Å². The maximum absolute atomic E-state index is 11.5. The van der Waals surface area contributed by atoms with E-state index >= 15 is 0 Å². The zero-order valence-corrected chi connectivity index (χ0v) is 10.7. The second kappa shape index (κ2) is 5.91. The van der Waals surface area contributed by atoms with Crippen LogP contribution < -0.4 is 5.32 Å². The van der Waals surface area contributed by atoms with Crippen molar-refractivity contribution in [2.75, 3.05) is 5.32 Å². The molecule has 0 atom stereocenters. The first-order valence-corrected chi connectivity index (χ1v) is 6.18. The molecule has 1 aromatic carbocycles. The summed E-state index contributed by atoms with van der Waals surface area (Å²) >= 11 is 3.39. The fourth-order valence-electron chi connectivity index (χ4n) is 1.32. The number of amides is 1. The smallest absolute Gasteiger partial charge is 0.224 e. The van der Waals surface area contributed by atoms with Crippen molar-refractivity contribution >= 4 is 27.5 Å². The summed E-state index contributed by atoms with van der Waals surface area (Å²) in [5, 5.41) is 3.69. The van der Waals surface area contributed by atoms with Crippen LogP contribution in [0, 0.1) is 5.92 Å². The Hall–Kier alpha value is -0.830. The molecular formula is C12H16BrNO. The van der Waals surface area contributed by atoms with E-state index in [2.05, 4.69) is 21.2 Å². The topological polar surface area (TPSA) is 29.1 Å². The molecule has 1 rings (SSSR count). The first kappa shape index (κ1) is 12.2. The van der Waals surface area contributed by atoms with Crippen molar-refractivity contribution in [3.63, 3.8) is 0 Å². The average Bonchev–Trinajstić information content (AvgIpc) is 2.16. The molecule has 0 aliphatic rings. The van der Waals surface area contributed by atoms with Crippen LogP contribution in [0.25, 0.3) is 0 Å². The standard InChI is InChI=1S/C12H16BrNO/c1-9(2)6-12(15)14-11-5-3-4-10(7-11)8-13/h3-5,7,9H,6,8H2,1-2H3,(H,14,15). The normalized spacial score (nSPS) is 10.4. The van der Waals surface area contributed by atoms with Gasteiger partial charge in [-0.3, -0.25) is 4.79 Å². The largest absolute Gasteiger partial charge is 0.326 e. The maximum atomic E-state index is 11.5. The van der Waals surface area contributed by atoms with Crippen LogP contribution in [0.2, 0.25) is 0 Å². The molecule has 82 valence electrons. The van der Waals surface area contributed by atoms with Crippen LogP contribution in [0.15, 0.2) is 24.3 Å². The van der Waals surface area contributed by atoms with E-state index in [1.54, 1.807) is 0 Å². The van der Waals surface area contributed by atoms with Gasteiger partial charge in [0.1, 0.15) is 0 Å². The molecule has 0 aliphatic heterocycles. The second-order valence-electron chi connectivity index (χ2n) is 3.98. The van der Waals surface area contributed by atoms with Gasteiger partial charge in [-0.15, -0.1) is 0 Å².